The minimum Gasteiger partial charge on any atom is -0.406 e. The maximum Gasteiger partial charge on any atom is 0.573 e. The van der Waals surface area contributed by atoms with E-state index in [-0.39, 0.29) is 5.75 Å². The Kier molecular flexibility index (Phi) is 11.1. The van der Waals surface area contributed by atoms with Gasteiger partial charge in [0.05, 0.1) is 0 Å². The minimum atomic E-state index is -4.74. The van der Waals surface area contributed by atoms with Crippen LogP contribution in [-0.4, -0.2) is 63.4 Å². The lowest BCUT2D eigenvalue weighted by Crippen LogP contribution is -2.45. The van der Waals surface area contributed by atoms with Gasteiger partial charge < -0.3 is 14.2 Å². The highest BCUT2D eigenvalue weighted by Crippen LogP contribution is 2.34. The molecule has 0 N–H and O–H groups in total. The highest BCUT2D eigenvalue weighted by atomic mass is 35.5. The quantitative estimate of drug-likeness (QED) is 0.111. The second-order valence-electron chi connectivity index (χ2n) is 13.0. The lowest BCUT2D eigenvalue weighted by atomic mass is 10.0. The Morgan fingerprint density at radius 3 is 2.02 bits per heavy atom. The van der Waals surface area contributed by atoms with Crippen molar-refractivity contribution in [2.75, 3.05) is 37.6 Å². The van der Waals surface area contributed by atoms with Crippen molar-refractivity contribution >= 4 is 34.1 Å². The lowest BCUT2D eigenvalue weighted by Gasteiger charge is -2.35. The molecule has 0 unspecified atom stereocenters. The first kappa shape index (κ1) is 35.5. The normalized spacial score (nSPS) is 14.2. The Morgan fingerprint density at radius 2 is 1.38 bits per heavy atom. The van der Waals surface area contributed by atoms with E-state index in [1.807, 2.05) is 54.6 Å². The smallest absolute Gasteiger partial charge is 0.406 e. The SMILES string of the molecule is FC(F)(F)Oc1ccc(-c2cn(CCCCN(c3ccccn3)c3ccccn3)c3ccc(CN4CCN(Cc5ccccc5Cl)CC4)cc23)cc1. The van der Waals surface area contributed by atoms with Crippen molar-refractivity contribution in [1.29, 1.82) is 0 Å². The minimum absolute atomic E-state index is 0.236. The van der Waals surface area contributed by atoms with E-state index in [1.54, 1.807) is 24.5 Å². The van der Waals surface area contributed by atoms with Gasteiger partial charge in [-0.05, 0) is 84.1 Å². The summed E-state index contributed by atoms with van der Waals surface area (Å²) < 4.78 is 45.1. The molecule has 6 aromatic rings. The number of aromatic nitrogens is 3. The zero-order valence-corrected chi connectivity index (χ0v) is 29.5. The number of hydrogen-bond donors (Lipinski definition) is 0. The molecule has 3 aromatic carbocycles. The largest absolute Gasteiger partial charge is 0.573 e. The lowest BCUT2D eigenvalue weighted by molar-refractivity contribution is -0.274. The molecule has 0 bridgehead atoms. The number of alkyl halides is 3. The molecule has 1 aliphatic rings. The van der Waals surface area contributed by atoms with Crippen LogP contribution in [0.2, 0.25) is 5.02 Å². The van der Waals surface area contributed by atoms with Gasteiger partial charge in [0, 0.05) is 92.4 Å². The Morgan fingerprint density at radius 1 is 0.731 bits per heavy atom. The summed E-state index contributed by atoms with van der Waals surface area (Å²) in [5.41, 5.74) is 5.25. The molecular weight excluding hydrogens is 685 g/mol. The number of rotatable bonds is 13. The van der Waals surface area contributed by atoms with Gasteiger partial charge in [-0.2, -0.15) is 0 Å². The molecule has 11 heteroatoms. The van der Waals surface area contributed by atoms with Crippen LogP contribution in [0.25, 0.3) is 22.0 Å². The van der Waals surface area contributed by atoms with Crippen molar-refractivity contribution < 1.29 is 17.9 Å². The number of unbranched alkanes of at least 4 members (excludes halogenated alkanes) is 1. The zero-order valence-electron chi connectivity index (χ0n) is 28.7. The summed E-state index contributed by atoms with van der Waals surface area (Å²) in [6.45, 7) is 6.99. The van der Waals surface area contributed by atoms with Gasteiger partial charge in [0.2, 0.25) is 0 Å². The molecule has 3 aromatic heterocycles. The third kappa shape index (κ3) is 8.93. The van der Waals surface area contributed by atoms with E-state index >= 15 is 0 Å². The number of aryl methyl sites for hydroxylation is 1. The van der Waals surface area contributed by atoms with Crippen molar-refractivity contribution in [2.24, 2.45) is 0 Å². The first-order valence-corrected chi connectivity index (χ1v) is 17.9. The van der Waals surface area contributed by atoms with Crippen LogP contribution in [0.5, 0.6) is 5.75 Å². The van der Waals surface area contributed by atoms with Crippen LogP contribution in [0, 0.1) is 0 Å². The van der Waals surface area contributed by atoms with E-state index in [2.05, 4.69) is 64.4 Å². The van der Waals surface area contributed by atoms with Crippen LogP contribution in [-0.2, 0) is 19.6 Å². The van der Waals surface area contributed by atoms with E-state index in [0.29, 0.717) is 0 Å². The molecule has 0 aliphatic carbocycles. The van der Waals surface area contributed by atoms with Crippen LogP contribution in [0.15, 0.2) is 122 Å². The number of anilines is 2. The molecule has 7 rings (SSSR count). The Hall–Kier alpha value is -4.90. The number of benzene rings is 3. The maximum atomic E-state index is 12.9. The molecule has 0 atom stereocenters. The standard InChI is InChI=1S/C41H40ClF3N6O/c42-37-10-2-1-9-33(37)29-49-25-23-48(24-26-49)28-31-13-18-38-35(27-31)36(32-14-16-34(17-15-32)52-41(43,44)45)30-50(38)21-7-8-22-51(39-11-3-5-19-46-39)40-12-4-6-20-47-40/h1-6,9-20,27,30H,7-8,21-26,28-29H2. The van der Waals surface area contributed by atoms with Crippen molar-refractivity contribution in [3.8, 4) is 16.9 Å². The average molecular weight is 725 g/mol. The molecule has 0 radical (unpaired) electrons. The van der Waals surface area contributed by atoms with Crippen molar-refractivity contribution in [3.05, 3.63) is 138 Å². The number of ether oxygens (including phenoxy) is 1. The fourth-order valence-electron chi connectivity index (χ4n) is 6.85. The predicted molar refractivity (Wildman–Crippen MR) is 201 cm³/mol. The summed E-state index contributed by atoms with van der Waals surface area (Å²) in [6.07, 6.45) is 2.75. The van der Waals surface area contributed by atoms with E-state index in [9.17, 15) is 13.2 Å². The van der Waals surface area contributed by atoms with Gasteiger partial charge in [0.1, 0.15) is 17.4 Å². The Bertz CT molecular complexity index is 2010. The van der Waals surface area contributed by atoms with Crippen LogP contribution in [0.1, 0.15) is 24.0 Å². The predicted octanol–water partition coefficient (Wildman–Crippen LogP) is 9.59. The third-order valence-corrected chi connectivity index (χ3v) is 9.82. The number of nitrogens with zero attached hydrogens (tertiary/aromatic N) is 6. The maximum absolute atomic E-state index is 12.9. The van der Waals surface area contributed by atoms with E-state index in [0.717, 1.165) is 109 Å². The summed E-state index contributed by atoms with van der Waals surface area (Å²) in [5.74, 6) is 1.46. The number of halogens is 4. The van der Waals surface area contributed by atoms with Gasteiger partial charge in [0.25, 0.3) is 0 Å². The molecule has 1 saturated heterocycles. The van der Waals surface area contributed by atoms with Gasteiger partial charge in [0.15, 0.2) is 0 Å². The van der Waals surface area contributed by atoms with Gasteiger partial charge in [-0.15, -0.1) is 13.2 Å². The number of pyridine rings is 2. The third-order valence-electron chi connectivity index (χ3n) is 9.45. The van der Waals surface area contributed by atoms with E-state index < -0.39 is 6.36 Å². The van der Waals surface area contributed by atoms with Crippen molar-refractivity contribution in [2.45, 2.75) is 38.8 Å². The average Bonchev–Trinajstić information content (AvgIpc) is 3.51. The fraction of sp³-hybridized carbons (Fsp3) is 0.268. The molecule has 0 spiro atoms. The topological polar surface area (TPSA) is 49.7 Å². The number of hydrogen-bond acceptors (Lipinski definition) is 6. The van der Waals surface area contributed by atoms with Gasteiger partial charge in [-0.3, -0.25) is 9.80 Å². The summed E-state index contributed by atoms with van der Waals surface area (Å²) in [4.78, 5) is 16.2. The zero-order chi connectivity index (χ0) is 35.9. The molecule has 1 fully saturated rings. The molecule has 0 amide bonds. The highest BCUT2D eigenvalue weighted by Gasteiger charge is 2.31. The van der Waals surface area contributed by atoms with Crippen molar-refractivity contribution in [1.82, 2.24) is 24.3 Å². The van der Waals surface area contributed by atoms with Gasteiger partial charge in [-0.25, -0.2) is 9.97 Å². The Balaban J connectivity index is 1.07. The fourth-order valence-corrected chi connectivity index (χ4v) is 7.05. The molecule has 1 aliphatic heterocycles. The summed E-state index contributed by atoms with van der Waals surface area (Å²) in [6, 6.07) is 32.5. The van der Waals surface area contributed by atoms with E-state index in [1.165, 1.54) is 17.7 Å². The van der Waals surface area contributed by atoms with E-state index in [4.69, 9.17) is 11.6 Å². The summed E-state index contributed by atoms with van der Waals surface area (Å²) >= 11 is 6.42. The first-order chi connectivity index (χ1) is 25.3. The van der Waals surface area contributed by atoms with Gasteiger partial charge >= 0.3 is 6.36 Å². The van der Waals surface area contributed by atoms with Gasteiger partial charge in [-0.1, -0.05) is 60.1 Å². The molecule has 4 heterocycles. The number of piperazine rings is 1. The summed E-state index contributed by atoms with van der Waals surface area (Å²) in [7, 11) is 0. The molecular formula is C41H40ClF3N6O. The van der Waals surface area contributed by atoms with Crippen molar-refractivity contribution in [3.63, 3.8) is 0 Å². The molecule has 52 heavy (non-hydrogen) atoms. The number of fused-ring (bicyclic) bond motifs is 1. The highest BCUT2D eigenvalue weighted by molar-refractivity contribution is 6.31. The second-order valence-corrected chi connectivity index (χ2v) is 13.4. The van der Waals surface area contributed by atoms with Crippen LogP contribution in [0.4, 0.5) is 24.8 Å². The second kappa shape index (κ2) is 16.2. The monoisotopic (exact) mass is 724 g/mol. The Labute approximate surface area is 306 Å². The first-order valence-electron chi connectivity index (χ1n) is 17.5. The molecule has 0 saturated carbocycles. The van der Waals surface area contributed by atoms with Crippen LogP contribution >= 0.6 is 11.6 Å². The molecule has 268 valence electrons. The van der Waals surface area contributed by atoms with Crippen LogP contribution < -0.4 is 9.64 Å². The van der Waals surface area contributed by atoms with Crippen LogP contribution in [0.3, 0.4) is 0 Å². The summed E-state index contributed by atoms with van der Waals surface area (Å²) in [5, 5.41) is 1.88. The molecule has 7 nitrogen and oxygen atoms in total.